The van der Waals surface area contributed by atoms with E-state index < -0.39 is 0 Å². The lowest BCUT2D eigenvalue weighted by molar-refractivity contribution is 0.0923. The first-order valence-electron chi connectivity index (χ1n) is 18.2. The summed E-state index contributed by atoms with van der Waals surface area (Å²) in [5.74, 6) is 2.96. The molecular formula is C43H54O4. The van der Waals surface area contributed by atoms with Gasteiger partial charge in [0.05, 0.1) is 18.8 Å². The molecule has 0 spiro atoms. The van der Waals surface area contributed by atoms with Crippen molar-refractivity contribution in [1.29, 1.82) is 0 Å². The lowest BCUT2D eigenvalue weighted by Crippen LogP contribution is -2.20. The highest BCUT2D eigenvalue weighted by Gasteiger charge is 2.26. The number of hydrogen-bond acceptors (Lipinski definition) is 4. The van der Waals surface area contributed by atoms with Crippen molar-refractivity contribution in [1.82, 2.24) is 0 Å². The molecule has 0 amide bonds. The first kappa shape index (κ1) is 34.5. The van der Waals surface area contributed by atoms with Gasteiger partial charge in [0, 0.05) is 12.0 Å². The summed E-state index contributed by atoms with van der Waals surface area (Å²) < 4.78 is 11.9. The summed E-state index contributed by atoms with van der Waals surface area (Å²) in [5, 5.41) is 10.5. The maximum atomic E-state index is 12.9. The van der Waals surface area contributed by atoms with Crippen LogP contribution >= 0.6 is 0 Å². The van der Waals surface area contributed by atoms with Gasteiger partial charge in [-0.25, -0.2) is 0 Å². The fourth-order valence-electron chi connectivity index (χ4n) is 7.13. The van der Waals surface area contributed by atoms with Crippen molar-refractivity contribution in [2.24, 2.45) is 17.8 Å². The smallest absolute Gasteiger partial charge is 0.174 e. The highest BCUT2D eigenvalue weighted by Crippen LogP contribution is 2.38. The Labute approximate surface area is 282 Å². The summed E-state index contributed by atoms with van der Waals surface area (Å²) >= 11 is 0. The van der Waals surface area contributed by atoms with Crippen LogP contribution in [0.4, 0.5) is 0 Å². The van der Waals surface area contributed by atoms with Gasteiger partial charge in [-0.15, -0.1) is 0 Å². The molecule has 0 aliphatic heterocycles. The summed E-state index contributed by atoms with van der Waals surface area (Å²) in [7, 11) is 0. The van der Waals surface area contributed by atoms with Gasteiger partial charge in [0.2, 0.25) is 0 Å². The summed E-state index contributed by atoms with van der Waals surface area (Å²) in [5.41, 5.74) is 4.35. The molecule has 250 valence electrons. The standard InChI is InChI=1S/C43H54O4/c1-3-4-7-13-33-15-17-34(18-16-33)35-19-21-36(22-20-35)37-23-25-38(26-24-37)46-29-10-5-6-11-30-47-39-27-28-41(42(44)31-39)43(45)40-14-9-8-12-32(40)2/h8-9,12,14,19-28,31-34,40,44H,3-7,10-11,13,15-18,29-30H2,1-2H3/t32?,33-,34-,40?. The molecule has 2 aliphatic rings. The van der Waals surface area contributed by atoms with Gasteiger partial charge in [0.1, 0.15) is 17.2 Å². The maximum Gasteiger partial charge on any atom is 0.174 e. The number of unbranched alkanes of at least 4 members (excludes halogenated alkanes) is 5. The zero-order valence-electron chi connectivity index (χ0n) is 28.5. The predicted molar refractivity (Wildman–Crippen MR) is 194 cm³/mol. The Bertz CT molecular complexity index is 1440. The second-order valence-electron chi connectivity index (χ2n) is 13.7. The van der Waals surface area contributed by atoms with E-state index in [-0.39, 0.29) is 23.4 Å². The molecule has 0 bridgehead atoms. The summed E-state index contributed by atoms with van der Waals surface area (Å²) in [4.78, 5) is 12.9. The van der Waals surface area contributed by atoms with Gasteiger partial charge in [-0.2, -0.15) is 0 Å². The van der Waals surface area contributed by atoms with Crippen molar-refractivity contribution < 1.29 is 19.4 Å². The summed E-state index contributed by atoms with van der Waals surface area (Å²) in [6, 6.07) is 22.8. The van der Waals surface area contributed by atoms with Crippen LogP contribution < -0.4 is 9.47 Å². The molecule has 4 nitrogen and oxygen atoms in total. The Kier molecular flexibility index (Phi) is 13.2. The van der Waals surface area contributed by atoms with Crippen molar-refractivity contribution in [2.45, 2.75) is 96.8 Å². The van der Waals surface area contributed by atoms with E-state index >= 15 is 0 Å². The first-order chi connectivity index (χ1) is 23.0. The third-order valence-corrected chi connectivity index (χ3v) is 10.2. The van der Waals surface area contributed by atoms with Crippen molar-refractivity contribution >= 4 is 5.78 Å². The highest BCUT2D eigenvalue weighted by molar-refractivity contribution is 6.01. The Balaban J connectivity index is 0.948. The summed E-state index contributed by atoms with van der Waals surface area (Å²) in [6.07, 6.45) is 22.8. The largest absolute Gasteiger partial charge is 0.507 e. The van der Waals surface area contributed by atoms with Crippen LogP contribution in [-0.2, 0) is 0 Å². The SMILES string of the molecule is CCCCC[C@H]1CC[C@H](c2ccc(-c3ccc(OCCCCCCOc4ccc(C(=O)C5C=CC=CC5C)c(O)c4)cc3)cc2)CC1. The molecule has 0 aromatic heterocycles. The van der Waals surface area contributed by atoms with Gasteiger partial charge in [-0.1, -0.05) is 100 Å². The van der Waals surface area contributed by atoms with E-state index in [4.69, 9.17) is 9.47 Å². The van der Waals surface area contributed by atoms with Gasteiger partial charge in [-0.05, 0) is 110 Å². The van der Waals surface area contributed by atoms with E-state index in [9.17, 15) is 9.90 Å². The second kappa shape index (κ2) is 17.9. The van der Waals surface area contributed by atoms with Crippen LogP contribution in [0.3, 0.4) is 0 Å². The number of phenols is 1. The predicted octanol–water partition coefficient (Wildman–Crippen LogP) is 11.5. The van der Waals surface area contributed by atoms with E-state index in [1.54, 1.807) is 18.2 Å². The molecule has 2 atom stereocenters. The zero-order valence-corrected chi connectivity index (χ0v) is 28.5. The highest BCUT2D eigenvalue weighted by atomic mass is 16.5. The van der Waals surface area contributed by atoms with Crippen LogP contribution in [0.1, 0.15) is 113 Å². The third-order valence-electron chi connectivity index (χ3n) is 10.2. The van der Waals surface area contributed by atoms with Crippen LogP contribution in [0.5, 0.6) is 17.2 Å². The van der Waals surface area contributed by atoms with E-state index in [0.717, 1.165) is 43.3 Å². The maximum absolute atomic E-state index is 12.9. The van der Waals surface area contributed by atoms with Crippen LogP contribution in [0.2, 0.25) is 0 Å². The molecule has 47 heavy (non-hydrogen) atoms. The molecule has 1 fully saturated rings. The Morgan fingerprint density at radius 2 is 1.34 bits per heavy atom. The number of phenolic OH excluding ortho intramolecular Hbond substituents is 1. The minimum atomic E-state index is -0.247. The van der Waals surface area contributed by atoms with E-state index in [1.165, 1.54) is 68.1 Å². The monoisotopic (exact) mass is 634 g/mol. The molecule has 3 aromatic carbocycles. The molecule has 0 saturated heterocycles. The molecule has 1 N–H and O–H groups in total. The fourth-order valence-corrected chi connectivity index (χ4v) is 7.13. The van der Waals surface area contributed by atoms with Crippen molar-refractivity contribution in [3.05, 3.63) is 102 Å². The number of carbonyl (C=O) groups excluding carboxylic acids is 1. The van der Waals surface area contributed by atoms with Crippen molar-refractivity contribution in [3.63, 3.8) is 0 Å². The number of ketones is 1. The molecule has 0 heterocycles. The average molecular weight is 635 g/mol. The molecule has 4 heteroatoms. The molecular weight excluding hydrogens is 580 g/mol. The van der Waals surface area contributed by atoms with Gasteiger partial charge in [-0.3, -0.25) is 4.79 Å². The lowest BCUT2D eigenvalue weighted by atomic mass is 9.77. The number of benzene rings is 3. The number of ether oxygens (including phenoxy) is 2. The van der Waals surface area contributed by atoms with Gasteiger partial charge in [0.25, 0.3) is 0 Å². The van der Waals surface area contributed by atoms with Crippen LogP contribution in [0.15, 0.2) is 91.0 Å². The van der Waals surface area contributed by atoms with E-state index in [2.05, 4.69) is 55.5 Å². The molecule has 2 aliphatic carbocycles. The first-order valence-corrected chi connectivity index (χ1v) is 18.2. The third kappa shape index (κ3) is 10.1. The zero-order chi connectivity index (χ0) is 32.8. The van der Waals surface area contributed by atoms with Crippen molar-refractivity contribution in [2.75, 3.05) is 13.2 Å². The van der Waals surface area contributed by atoms with E-state index in [1.807, 2.05) is 31.2 Å². The molecule has 5 rings (SSSR count). The van der Waals surface area contributed by atoms with Crippen LogP contribution in [0.25, 0.3) is 11.1 Å². The number of carbonyl (C=O) groups is 1. The quantitative estimate of drug-likeness (QED) is 0.119. The topological polar surface area (TPSA) is 55.8 Å². The Morgan fingerprint density at radius 1 is 0.723 bits per heavy atom. The minimum Gasteiger partial charge on any atom is -0.507 e. The van der Waals surface area contributed by atoms with Gasteiger partial charge in [0.15, 0.2) is 5.78 Å². The lowest BCUT2D eigenvalue weighted by Gasteiger charge is -2.29. The normalized spacial score (nSPS) is 20.6. The van der Waals surface area contributed by atoms with Crippen LogP contribution in [0, 0.1) is 17.8 Å². The number of rotatable bonds is 17. The Hall–Kier alpha value is -3.79. The van der Waals surface area contributed by atoms with Gasteiger partial charge < -0.3 is 14.6 Å². The number of allylic oxidation sites excluding steroid dienone is 4. The molecule has 2 unspecified atom stereocenters. The molecule has 0 radical (unpaired) electrons. The second-order valence-corrected chi connectivity index (χ2v) is 13.7. The average Bonchev–Trinajstić information content (AvgIpc) is 3.10. The Morgan fingerprint density at radius 3 is 1.98 bits per heavy atom. The number of hydrogen-bond donors (Lipinski definition) is 1. The number of Topliss-reactive ketones (excluding diaryl/α,β-unsaturated/α-hetero) is 1. The molecule has 3 aromatic rings. The number of aromatic hydroxyl groups is 1. The minimum absolute atomic E-state index is 0.0219. The molecule has 1 saturated carbocycles. The fraction of sp³-hybridized carbons (Fsp3) is 0.465. The summed E-state index contributed by atoms with van der Waals surface area (Å²) in [6.45, 7) is 5.58. The van der Waals surface area contributed by atoms with E-state index in [0.29, 0.717) is 24.5 Å². The van der Waals surface area contributed by atoms with Crippen molar-refractivity contribution in [3.8, 4) is 28.4 Å². The van der Waals surface area contributed by atoms with Crippen LogP contribution in [-0.4, -0.2) is 24.1 Å². The van der Waals surface area contributed by atoms with Gasteiger partial charge >= 0.3 is 0 Å².